The Balaban J connectivity index is 2.16. The molecule has 1 aliphatic rings. The number of aromatic nitrogens is 1. The summed E-state index contributed by atoms with van der Waals surface area (Å²) in [5, 5.41) is 42.0. The molecule has 16 heteroatoms. The highest BCUT2D eigenvalue weighted by Crippen LogP contribution is 2.14. The lowest BCUT2D eigenvalue weighted by molar-refractivity contribution is -0.152. The van der Waals surface area contributed by atoms with E-state index in [1.165, 1.54) is 0 Å². The Morgan fingerprint density at radius 1 is 0.848 bits per heavy atom. The number of likely N-dealkylation sites (N-methyl/N-ethyl adjacent to an activating group) is 3. The van der Waals surface area contributed by atoms with E-state index in [-0.39, 0.29) is 70.3 Å². The van der Waals surface area contributed by atoms with Crippen LogP contribution in [0.1, 0.15) is 37.1 Å². The lowest BCUT2D eigenvalue weighted by Crippen LogP contribution is -2.44. The number of carbonyl (C=O) groups is 4. The van der Waals surface area contributed by atoms with Crippen LogP contribution < -0.4 is 10.6 Å². The molecule has 0 saturated carbocycles. The number of cyclic esters (lactones) is 2. The maximum Gasteiger partial charge on any atom is 0.323 e. The van der Waals surface area contributed by atoms with E-state index in [1.54, 1.807) is 42.1 Å². The van der Waals surface area contributed by atoms with Gasteiger partial charge >= 0.3 is 11.9 Å². The fourth-order valence-electron chi connectivity index (χ4n) is 4.64. The first-order valence-corrected chi connectivity index (χ1v) is 15.4. The van der Waals surface area contributed by atoms with E-state index in [0.717, 1.165) is 0 Å². The number of esters is 2. The lowest BCUT2D eigenvalue weighted by Gasteiger charge is -2.29. The standard InChI is InChI=1S/C30H50N6O10/c1-34-11-12-35(2)25(7-9-27(41)31-15-23(39)18-37)30(44)46-20-22-6-4-5-21(33-22)17-36(3)26(29(43)45-14-13-34)8-10-28(42)32-16-24(40)19-38/h4-6,23-26,37-40H,7-20H2,1-3H3,(H,31,41)(H,32,42). The Hall–Kier alpha value is -3.25. The van der Waals surface area contributed by atoms with Crippen LogP contribution in [0.25, 0.3) is 0 Å². The molecule has 4 atom stereocenters. The van der Waals surface area contributed by atoms with Crippen molar-refractivity contribution in [1.29, 1.82) is 0 Å². The van der Waals surface area contributed by atoms with Crippen molar-refractivity contribution in [2.45, 2.75) is 63.1 Å². The monoisotopic (exact) mass is 654 g/mol. The number of rotatable bonds is 12. The first-order valence-electron chi connectivity index (χ1n) is 15.4. The number of nitrogens with one attached hydrogen (secondary N) is 2. The van der Waals surface area contributed by atoms with E-state index < -0.39 is 49.4 Å². The van der Waals surface area contributed by atoms with Crippen LogP contribution in [-0.2, 0) is 41.8 Å². The predicted octanol–water partition coefficient (Wildman–Crippen LogP) is -2.79. The highest BCUT2D eigenvalue weighted by atomic mass is 16.5. The smallest absolute Gasteiger partial charge is 0.323 e. The fraction of sp³-hybridized carbons (Fsp3) is 0.700. The van der Waals surface area contributed by atoms with Crippen LogP contribution in [0, 0.1) is 0 Å². The van der Waals surface area contributed by atoms with Gasteiger partial charge in [-0.15, -0.1) is 0 Å². The van der Waals surface area contributed by atoms with E-state index >= 15 is 0 Å². The van der Waals surface area contributed by atoms with Crippen LogP contribution in [0.4, 0.5) is 0 Å². The molecule has 260 valence electrons. The van der Waals surface area contributed by atoms with E-state index in [2.05, 4.69) is 15.6 Å². The minimum atomic E-state index is -1.07. The third kappa shape index (κ3) is 14.5. The SMILES string of the molecule is CN1CCOC(=O)C(CCC(=O)NCC(O)CO)N(C)Cc2cccc(n2)COC(=O)C(CCC(=O)NCC(O)CO)N(C)CC1. The summed E-state index contributed by atoms with van der Waals surface area (Å²) in [7, 11) is 5.32. The highest BCUT2D eigenvalue weighted by molar-refractivity contribution is 5.80. The van der Waals surface area contributed by atoms with Crippen molar-refractivity contribution >= 4 is 23.8 Å². The van der Waals surface area contributed by atoms with Gasteiger partial charge in [0.15, 0.2) is 0 Å². The molecule has 0 aliphatic carbocycles. The molecule has 0 fully saturated rings. The lowest BCUT2D eigenvalue weighted by atomic mass is 10.1. The second-order valence-electron chi connectivity index (χ2n) is 11.5. The third-order valence-corrected chi connectivity index (χ3v) is 7.58. The number of hydrogen-bond acceptors (Lipinski definition) is 14. The quantitative estimate of drug-likeness (QED) is 0.126. The van der Waals surface area contributed by atoms with Crippen molar-refractivity contribution in [3.8, 4) is 0 Å². The summed E-state index contributed by atoms with van der Waals surface area (Å²) in [5.41, 5.74) is 1.08. The first kappa shape index (κ1) is 38.9. The Morgan fingerprint density at radius 3 is 1.98 bits per heavy atom. The van der Waals surface area contributed by atoms with Gasteiger partial charge in [-0.25, -0.2) is 0 Å². The van der Waals surface area contributed by atoms with Crippen molar-refractivity contribution in [2.75, 3.05) is 73.7 Å². The Kier molecular flexibility index (Phi) is 17.6. The summed E-state index contributed by atoms with van der Waals surface area (Å²) in [6.07, 6.45) is -1.83. The summed E-state index contributed by atoms with van der Waals surface area (Å²) in [6, 6.07) is 3.73. The van der Waals surface area contributed by atoms with Gasteiger partial charge in [0.2, 0.25) is 11.8 Å². The molecular formula is C30H50N6O10. The van der Waals surface area contributed by atoms with Crippen molar-refractivity contribution in [1.82, 2.24) is 30.3 Å². The minimum absolute atomic E-state index is 0.00154. The van der Waals surface area contributed by atoms with Gasteiger partial charge in [0.25, 0.3) is 0 Å². The number of fused-ring (bicyclic) bond motifs is 2. The second kappa shape index (κ2) is 20.8. The average molecular weight is 655 g/mol. The third-order valence-electron chi connectivity index (χ3n) is 7.58. The maximum absolute atomic E-state index is 13.2. The van der Waals surface area contributed by atoms with Gasteiger partial charge in [0.05, 0.1) is 36.8 Å². The Morgan fingerprint density at radius 2 is 1.39 bits per heavy atom. The van der Waals surface area contributed by atoms with Gasteiger partial charge in [-0.05, 0) is 46.1 Å². The van der Waals surface area contributed by atoms with Crippen molar-refractivity contribution < 1.29 is 49.1 Å². The average Bonchev–Trinajstić information content (AvgIpc) is 3.03. The molecule has 2 rings (SSSR count). The molecule has 0 saturated heterocycles. The molecule has 6 N–H and O–H groups in total. The molecule has 2 heterocycles. The van der Waals surface area contributed by atoms with E-state index in [9.17, 15) is 29.4 Å². The molecule has 2 bridgehead atoms. The predicted molar refractivity (Wildman–Crippen MR) is 165 cm³/mol. The number of carbonyl (C=O) groups excluding carboxylic acids is 4. The maximum atomic E-state index is 13.2. The van der Waals surface area contributed by atoms with Crippen LogP contribution in [0.3, 0.4) is 0 Å². The summed E-state index contributed by atoms with van der Waals surface area (Å²) in [4.78, 5) is 61.1. The number of aliphatic hydroxyl groups is 4. The number of hydrogen-bond donors (Lipinski definition) is 6. The van der Waals surface area contributed by atoms with Gasteiger partial charge in [-0.1, -0.05) is 6.07 Å². The molecule has 0 radical (unpaired) electrons. The van der Waals surface area contributed by atoms with Crippen LogP contribution >= 0.6 is 0 Å². The Bertz CT molecular complexity index is 1110. The van der Waals surface area contributed by atoms with E-state index in [1.807, 2.05) is 11.9 Å². The van der Waals surface area contributed by atoms with Crippen molar-refractivity contribution in [3.63, 3.8) is 0 Å². The zero-order chi connectivity index (χ0) is 34.1. The topological polar surface area (TPSA) is 214 Å². The normalized spacial score (nSPS) is 21.3. The number of pyridine rings is 1. The zero-order valence-corrected chi connectivity index (χ0v) is 27.0. The van der Waals surface area contributed by atoms with Crippen LogP contribution in [0.5, 0.6) is 0 Å². The molecule has 4 unspecified atom stereocenters. The second-order valence-corrected chi connectivity index (χ2v) is 11.5. The minimum Gasteiger partial charge on any atom is -0.463 e. The molecule has 46 heavy (non-hydrogen) atoms. The Labute approximate surface area is 269 Å². The number of amides is 2. The summed E-state index contributed by atoms with van der Waals surface area (Å²) >= 11 is 0. The summed E-state index contributed by atoms with van der Waals surface area (Å²) < 4.78 is 11.2. The molecule has 1 aromatic rings. The van der Waals surface area contributed by atoms with Crippen LogP contribution in [0.2, 0.25) is 0 Å². The van der Waals surface area contributed by atoms with E-state index in [4.69, 9.17) is 19.7 Å². The molecular weight excluding hydrogens is 604 g/mol. The fourth-order valence-corrected chi connectivity index (χ4v) is 4.64. The van der Waals surface area contributed by atoms with Gasteiger partial charge < -0.3 is 45.4 Å². The van der Waals surface area contributed by atoms with Crippen LogP contribution in [0.15, 0.2) is 18.2 Å². The van der Waals surface area contributed by atoms with Crippen molar-refractivity contribution in [3.05, 3.63) is 29.6 Å². The van der Waals surface area contributed by atoms with Gasteiger partial charge in [0, 0.05) is 52.1 Å². The number of nitrogens with zero attached hydrogens (tertiary/aromatic N) is 4. The van der Waals surface area contributed by atoms with Crippen LogP contribution in [-0.4, -0.2) is 162 Å². The highest BCUT2D eigenvalue weighted by Gasteiger charge is 2.28. The summed E-state index contributed by atoms with van der Waals surface area (Å²) in [5.74, 6) is -1.76. The van der Waals surface area contributed by atoms with Gasteiger partial charge in [-0.2, -0.15) is 0 Å². The largest absolute Gasteiger partial charge is 0.463 e. The molecule has 2 amide bonds. The number of aliphatic hydroxyl groups excluding tert-OH is 4. The molecule has 1 aromatic heterocycles. The molecule has 0 aromatic carbocycles. The summed E-state index contributed by atoms with van der Waals surface area (Å²) in [6.45, 7) is 0.420. The zero-order valence-electron chi connectivity index (χ0n) is 27.0. The molecule has 16 nitrogen and oxygen atoms in total. The number of ether oxygens (including phenoxy) is 2. The first-order chi connectivity index (χ1) is 21.9. The molecule has 0 spiro atoms. The van der Waals surface area contributed by atoms with Crippen molar-refractivity contribution in [2.24, 2.45) is 0 Å². The van der Waals surface area contributed by atoms with E-state index in [0.29, 0.717) is 31.0 Å². The van der Waals surface area contributed by atoms with Gasteiger partial charge in [-0.3, -0.25) is 34.0 Å². The van der Waals surface area contributed by atoms with Gasteiger partial charge in [0.1, 0.15) is 25.3 Å². The molecule has 1 aliphatic heterocycles.